The Hall–Kier alpha value is -0.340. The van der Waals surface area contributed by atoms with Crippen LogP contribution in [0.2, 0.25) is 0 Å². The number of aliphatic hydroxyl groups excluding tert-OH is 1. The van der Waals surface area contributed by atoms with E-state index in [9.17, 15) is 10.2 Å². The van der Waals surface area contributed by atoms with Gasteiger partial charge >= 0.3 is 0 Å². The molecule has 0 aromatic carbocycles. The Morgan fingerprint density at radius 3 is 2.38 bits per heavy atom. The highest BCUT2D eigenvalue weighted by Crippen LogP contribution is 2.35. The maximum Gasteiger partial charge on any atom is 0.0653 e. The predicted molar refractivity (Wildman–Crippen MR) is 90.3 cm³/mol. The second kappa shape index (κ2) is 10.4. The number of allylic oxidation sites excluding steroid dienone is 1. The van der Waals surface area contributed by atoms with Crippen LogP contribution >= 0.6 is 0 Å². The molecular weight excluding hydrogens is 260 g/mol. The minimum Gasteiger partial charge on any atom is -0.393 e. The van der Waals surface area contributed by atoms with Gasteiger partial charge in [-0.15, -0.1) is 6.58 Å². The molecule has 1 aliphatic rings. The summed E-state index contributed by atoms with van der Waals surface area (Å²) in [6, 6.07) is 0. The summed E-state index contributed by atoms with van der Waals surface area (Å²) in [5.74, 6) is 0.249. The van der Waals surface area contributed by atoms with Crippen molar-refractivity contribution in [2.75, 3.05) is 0 Å². The second-order valence-corrected chi connectivity index (χ2v) is 7.08. The Balaban J connectivity index is 2.24. The molecule has 0 heterocycles. The summed E-state index contributed by atoms with van der Waals surface area (Å²) in [5, 5.41) is 20.8. The van der Waals surface area contributed by atoms with E-state index in [0.717, 1.165) is 51.4 Å². The van der Waals surface area contributed by atoms with Crippen molar-refractivity contribution in [3.05, 3.63) is 12.7 Å². The van der Waals surface area contributed by atoms with Crippen LogP contribution in [0.3, 0.4) is 0 Å². The fourth-order valence-electron chi connectivity index (χ4n) is 3.62. The van der Waals surface area contributed by atoms with E-state index >= 15 is 0 Å². The Bertz CT molecular complexity index is 269. The van der Waals surface area contributed by atoms with Gasteiger partial charge < -0.3 is 10.2 Å². The number of unbranched alkanes of at least 4 members (excludes halogenated alkanes) is 4. The molecule has 21 heavy (non-hydrogen) atoms. The summed E-state index contributed by atoms with van der Waals surface area (Å²) in [6.45, 7) is 6.13. The van der Waals surface area contributed by atoms with Crippen LogP contribution in [0.15, 0.2) is 12.7 Å². The van der Waals surface area contributed by atoms with Gasteiger partial charge in [0.15, 0.2) is 0 Å². The molecule has 2 atom stereocenters. The van der Waals surface area contributed by atoms with Gasteiger partial charge in [-0.05, 0) is 38.0 Å². The van der Waals surface area contributed by atoms with Gasteiger partial charge in [-0.2, -0.15) is 0 Å². The van der Waals surface area contributed by atoms with E-state index in [1.807, 2.05) is 6.08 Å². The Morgan fingerprint density at radius 2 is 1.76 bits per heavy atom. The molecule has 0 aliphatic heterocycles. The molecule has 2 nitrogen and oxygen atoms in total. The molecule has 0 spiro atoms. The highest BCUT2D eigenvalue weighted by atomic mass is 16.3. The minimum atomic E-state index is -0.502. The highest BCUT2D eigenvalue weighted by molar-refractivity contribution is 4.91. The molecule has 0 saturated heterocycles. The summed E-state index contributed by atoms with van der Waals surface area (Å²) in [5.41, 5.74) is -0.502. The standard InChI is InChI=1S/C19H36O2/c1-3-5-6-7-9-12-18(20)15-17(4-2)16-19(21)13-10-8-11-14-19/h4,17-18,20-21H,2-3,5-16H2,1H3. The van der Waals surface area contributed by atoms with E-state index in [2.05, 4.69) is 13.5 Å². The van der Waals surface area contributed by atoms with Crippen LogP contribution in [0.4, 0.5) is 0 Å². The van der Waals surface area contributed by atoms with Gasteiger partial charge in [0, 0.05) is 0 Å². The molecule has 0 amide bonds. The van der Waals surface area contributed by atoms with Gasteiger partial charge in [-0.1, -0.05) is 64.4 Å². The zero-order chi connectivity index (χ0) is 15.6. The zero-order valence-corrected chi connectivity index (χ0v) is 14.0. The van der Waals surface area contributed by atoms with Crippen LogP contribution in [0.1, 0.15) is 90.4 Å². The number of aliphatic hydroxyl groups is 2. The number of rotatable bonds is 11. The molecule has 1 saturated carbocycles. The van der Waals surface area contributed by atoms with Crippen molar-refractivity contribution in [1.82, 2.24) is 0 Å². The lowest BCUT2D eigenvalue weighted by molar-refractivity contribution is -0.0178. The summed E-state index contributed by atoms with van der Waals surface area (Å²) >= 11 is 0. The first-order chi connectivity index (χ1) is 10.1. The molecule has 1 fully saturated rings. The lowest BCUT2D eigenvalue weighted by Crippen LogP contribution is -2.34. The monoisotopic (exact) mass is 296 g/mol. The van der Waals surface area contributed by atoms with E-state index in [1.54, 1.807) is 0 Å². The third-order valence-corrected chi connectivity index (χ3v) is 4.98. The molecule has 0 radical (unpaired) electrons. The summed E-state index contributed by atoms with van der Waals surface area (Å²) in [4.78, 5) is 0. The van der Waals surface area contributed by atoms with Crippen LogP contribution in [-0.2, 0) is 0 Å². The van der Waals surface area contributed by atoms with E-state index in [1.165, 1.54) is 32.1 Å². The fourth-order valence-corrected chi connectivity index (χ4v) is 3.62. The average molecular weight is 296 g/mol. The molecular formula is C19H36O2. The van der Waals surface area contributed by atoms with E-state index in [-0.39, 0.29) is 12.0 Å². The van der Waals surface area contributed by atoms with Gasteiger partial charge in [-0.3, -0.25) is 0 Å². The SMILES string of the molecule is C=CC(CC(O)CCCCCCC)CC1(O)CCCCC1. The first-order valence-corrected chi connectivity index (χ1v) is 9.12. The normalized spacial score (nSPS) is 20.9. The quantitative estimate of drug-likeness (QED) is 0.417. The highest BCUT2D eigenvalue weighted by Gasteiger charge is 2.31. The zero-order valence-electron chi connectivity index (χ0n) is 14.0. The topological polar surface area (TPSA) is 40.5 Å². The van der Waals surface area contributed by atoms with E-state index < -0.39 is 5.60 Å². The van der Waals surface area contributed by atoms with Gasteiger partial charge in [0.2, 0.25) is 0 Å². The fraction of sp³-hybridized carbons (Fsp3) is 0.895. The van der Waals surface area contributed by atoms with E-state index in [4.69, 9.17) is 0 Å². The van der Waals surface area contributed by atoms with Gasteiger partial charge in [0.25, 0.3) is 0 Å². The van der Waals surface area contributed by atoms with Gasteiger partial charge in [0.05, 0.1) is 11.7 Å². The Kier molecular flexibility index (Phi) is 9.26. The van der Waals surface area contributed by atoms with Crippen molar-refractivity contribution in [2.45, 2.75) is 102 Å². The molecule has 1 rings (SSSR count). The molecule has 124 valence electrons. The van der Waals surface area contributed by atoms with Crippen molar-refractivity contribution >= 4 is 0 Å². The molecule has 2 heteroatoms. The Labute approximate surface area is 131 Å². The number of hydrogen-bond donors (Lipinski definition) is 2. The van der Waals surface area contributed by atoms with Crippen LogP contribution in [0.25, 0.3) is 0 Å². The van der Waals surface area contributed by atoms with Crippen molar-refractivity contribution in [3.8, 4) is 0 Å². The largest absolute Gasteiger partial charge is 0.393 e. The van der Waals surface area contributed by atoms with Crippen LogP contribution in [0, 0.1) is 5.92 Å². The third kappa shape index (κ3) is 8.01. The van der Waals surface area contributed by atoms with Crippen molar-refractivity contribution in [3.63, 3.8) is 0 Å². The van der Waals surface area contributed by atoms with Crippen molar-refractivity contribution in [1.29, 1.82) is 0 Å². The van der Waals surface area contributed by atoms with E-state index in [0.29, 0.717) is 0 Å². The first kappa shape index (κ1) is 18.7. The summed E-state index contributed by atoms with van der Waals surface area (Å²) < 4.78 is 0. The van der Waals surface area contributed by atoms with Crippen molar-refractivity contribution in [2.24, 2.45) is 5.92 Å². The average Bonchev–Trinajstić information content (AvgIpc) is 2.47. The smallest absolute Gasteiger partial charge is 0.0653 e. The summed E-state index contributed by atoms with van der Waals surface area (Å²) in [6.07, 6.45) is 15.7. The minimum absolute atomic E-state index is 0.234. The molecule has 0 aromatic heterocycles. The molecule has 2 N–H and O–H groups in total. The van der Waals surface area contributed by atoms with Crippen LogP contribution in [0.5, 0.6) is 0 Å². The van der Waals surface area contributed by atoms with Crippen molar-refractivity contribution < 1.29 is 10.2 Å². The van der Waals surface area contributed by atoms with Crippen LogP contribution < -0.4 is 0 Å². The molecule has 1 aliphatic carbocycles. The third-order valence-electron chi connectivity index (χ3n) is 4.98. The predicted octanol–water partition coefficient (Wildman–Crippen LogP) is 4.99. The summed E-state index contributed by atoms with van der Waals surface area (Å²) in [7, 11) is 0. The number of hydrogen-bond acceptors (Lipinski definition) is 2. The molecule has 0 aromatic rings. The maximum absolute atomic E-state index is 10.6. The van der Waals surface area contributed by atoms with Gasteiger partial charge in [0.1, 0.15) is 0 Å². The maximum atomic E-state index is 10.6. The molecule has 0 bridgehead atoms. The lowest BCUT2D eigenvalue weighted by Gasteiger charge is -2.35. The second-order valence-electron chi connectivity index (χ2n) is 7.08. The van der Waals surface area contributed by atoms with Crippen LogP contribution in [-0.4, -0.2) is 21.9 Å². The molecule has 2 unspecified atom stereocenters. The lowest BCUT2D eigenvalue weighted by atomic mass is 9.77. The Morgan fingerprint density at radius 1 is 1.10 bits per heavy atom. The van der Waals surface area contributed by atoms with Gasteiger partial charge in [-0.25, -0.2) is 0 Å². The first-order valence-electron chi connectivity index (χ1n) is 9.12.